The SMILES string of the molecule is CCCn1c(N2CCN(CC(=O)Nc3cc([N+](=O)[O-])ccc3C)CC2)nc2ccccc21.Cl. The minimum atomic E-state index is -0.458. The molecule has 0 spiro atoms. The molecule has 1 amide bonds. The zero-order chi connectivity index (χ0) is 22.7. The number of imidazole rings is 1. The summed E-state index contributed by atoms with van der Waals surface area (Å²) in [6, 6.07) is 12.7. The van der Waals surface area contributed by atoms with Crippen LogP contribution in [0, 0.1) is 17.0 Å². The van der Waals surface area contributed by atoms with Gasteiger partial charge in [-0.1, -0.05) is 25.1 Å². The molecule has 0 bridgehead atoms. The van der Waals surface area contributed by atoms with Crippen LogP contribution in [0.4, 0.5) is 17.3 Å². The van der Waals surface area contributed by atoms with Gasteiger partial charge in [-0.2, -0.15) is 0 Å². The Labute approximate surface area is 198 Å². The van der Waals surface area contributed by atoms with Crippen molar-refractivity contribution >= 4 is 46.7 Å². The minimum Gasteiger partial charge on any atom is -0.340 e. The summed E-state index contributed by atoms with van der Waals surface area (Å²) in [5.74, 6) is 0.824. The second-order valence-electron chi connectivity index (χ2n) is 8.12. The summed E-state index contributed by atoms with van der Waals surface area (Å²) in [6.45, 7) is 8.22. The van der Waals surface area contributed by atoms with E-state index in [-0.39, 0.29) is 30.5 Å². The largest absolute Gasteiger partial charge is 0.340 e. The molecular formula is C23H29ClN6O3. The molecular weight excluding hydrogens is 444 g/mol. The van der Waals surface area contributed by atoms with E-state index in [4.69, 9.17) is 4.98 Å². The lowest BCUT2D eigenvalue weighted by Gasteiger charge is -2.35. The van der Waals surface area contributed by atoms with Crippen molar-refractivity contribution in [2.24, 2.45) is 0 Å². The first-order chi connectivity index (χ1) is 15.5. The molecule has 2 heterocycles. The second-order valence-corrected chi connectivity index (χ2v) is 8.12. The first kappa shape index (κ1) is 24.5. The van der Waals surface area contributed by atoms with Crippen molar-refractivity contribution in [3.8, 4) is 0 Å². The van der Waals surface area contributed by atoms with E-state index in [9.17, 15) is 14.9 Å². The molecule has 0 saturated carbocycles. The van der Waals surface area contributed by atoms with Crippen molar-refractivity contribution in [1.29, 1.82) is 0 Å². The van der Waals surface area contributed by atoms with Crippen molar-refractivity contribution < 1.29 is 9.72 Å². The molecule has 1 aliphatic rings. The number of aryl methyl sites for hydroxylation is 2. The molecule has 0 atom stereocenters. The minimum absolute atomic E-state index is 0. The lowest BCUT2D eigenvalue weighted by Crippen LogP contribution is -2.49. The number of nitro groups is 1. The normalized spacial score (nSPS) is 14.2. The monoisotopic (exact) mass is 472 g/mol. The Kier molecular flexibility index (Phi) is 7.88. The molecule has 0 aliphatic carbocycles. The maximum atomic E-state index is 12.6. The number of halogens is 1. The summed E-state index contributed by atoms with van der Waals surface area (Å²) in [4.78, 5) is 32.4. The zero-order valence-electron chi connectivity index (χ0n) is 18.9. The Balaban J connectivity index is 0.00000306. The number of piperazine rings is 1. The van der Waals surface area contributed by atoms with Crippen molar-refractivity contribution in [1.82, 2.24) is 14.5 Å². The molecule has 1 N–H and O–H groups in total. The highest BCUT2D eigenvalue weighted by molar-refractivity contribution is 5.93. The summed E-state index contributed by atoms with van der Waals surface area (Å²) < 4.78 is 2.28. The van der Waals surface area contributed by atoms with Crippen LogP contribution in [-0.4, -0.2) is 58.0 Å². The number of nitrogens with one attached hydrogen (secondary N) is 1. The van der Waals surface area contributed by atoms with Crippen LogP contribution in [0.15, 0.2) is 42.5 Å². The zero-order valence-corrected chi connectivity index (χ0v) is 19.7. The van der Waals surface area contributed by atoms with Gasteiger partial charge in [-0.25, -0.2) is 4.98 Å². The molecule has 176 valence electrons. The molecule has 1 saturated heterocycles. The van der Waals surface area contributed by atoms with Gasteiger partial charge in [-0.15, -0.1) is 12.4 Å². The predicted molar refractivity (Wildman–Crippen MR) is 132 cm³/mol. The molecule has 2 aromatic carbocycles. The van der Waals surface area contributed by atoms with Gasteiger partial charge in [0.1, 0.15) is 0 Å². The highest BCUT2D eigenvalue weighted by atomic mass is 35.5. The number of nitro benzene ring substituents is 1. The maximum Gasteiger partial charge on any atom is 0.271 e. The molecule has 4 rings (SSSR count). The first-order valence-corrected chi connectivity index (χ1v) is 10.9. The molecule has 10 heteroatoms. The Morgan fingerprint density at radius 2 is 1.88 bits per heavy atom. The molecule has 0 unspecified atom stereocenters. The fourth-order valence-electron chi connectivity index (χ4n) is 4.11. The van der Waals surface area contributed by atoms with Gasteiger partial charge in [0.15, 0.2) is 0 Å². The van der Waals surface area contributed by atoms with E-state index in [2.05, 4.69) is 32.7 Å². The number of hydrogen-bond acceptors (Lipinski definition) is 6. The van der Waals surface area contributed by atoms with Gasteiger partial charge in [-0.3, -0.25) is 19.8 Å². The lowest BCUT2D eigenvalue weighted by molar-refractivity contribution is -0.384. The Hall–Kier alpha value is -3.17. The average Bonchev–Trinajstić information content (AvgIpc) is 3.14. The van der Waals surface area contributed by atoms with E-state index in [0.29, 0.717) is 5.69 Å². The van der Waals surface area contributed by atoms with Gasteiger partial charge < -0.3 is 14.8 Å². The fourth-order valence-corrected chi connectivity index (χ4v) is 4.11. The maximum absolute atomic E-state index is 12.6. The van der Waals surface area contributed by atoms with E-state index >= 15 is 0 Å². The standard InChI is InChI=1S/C23H28N6O3.ClH/c1-3-10-28-21-7-5-4-6-19(21)25-23(28)27-13-11-26(12-14-27)16-22(30)24-20-15-18(29(31)32)9-8-17(20)2;/h4-9,15H,3,10-14,16H2,1-2H3,(H,24,30);1H. The van der Waals surface area contributed by atoms with Crippen LogP contribution in [0.2, 0.25) is 0 Å². The Morgan fingerprint density at radius 3 is 2.58 bits per heavy atom. The van der Waals surface area contributed by atoms with E-state index in [1.165, 1.54) is 12.1 Å². The quantitative estimate of drug-likeness (QED) is 0.414. The van der Waals surface area contributed by atoms with Crippen molar-refractivity contribution in [2.45, 2.75) is 26.8 Å². The van der Waals surface area contributed by atoms with E-state index in [0.717, 1.165) is 61.7 Å². The summed E-state index contributed by atoms with van der Waals surface area (Å²) in [5.41, 5.74) is 3.40. The van der Waals surface area contributed by atoms with Crippen LogP contribution in [0.25, 0.3) is 11.0 Å². The van der Waals surface area contributed by atoms with Gasteiger partial charge in [0, 0.05) is 44.9 Å². The number of hydrogen-bond donors (Lipinski definition) is 1. The van der Waals surface area contributed by atoms with Crippen molar-refractivity contribution in [3.05, 3.63) is 58.1 Å². The molecule has 9 nitrogen and oxygen atoms in total. The van der Waals surface area contributed by atoms with Gasteiger partial charge in [-0.05, 0) is 31.0 Å². The van der Waals surface area contributed by atoms with E-state index in [1.807, 2.05) is 25.1 Å². The lowest BCUT2D eigenvalue weighted by atomic mass is 10.2. The van der Waals surface area contributed by atoms with Crippen LogP contribution < -0.4 is 10.2 Å². The fraction of sp³-hybridized carbons (Fsp3) is 0.391. The second kappa shape index (κ2) is 10.6. The summed E-state index contributed by atoms with van der Waals surface area (Å²) in [7, 11) is 0. The summed E-state index contributed by atoms with van der Waals surface area (Å²) >= 11 is 0. The number of anilines is 2. The predicted octanol–water partition coefficient (Wildman–Crippen LogP) is 3.85. The third-order valence-electron chi connectivity index (χ3n) is 5.81. The van der Waals surface area contributed by atoms with Crippen LogP contribution in [-0.2, 0) is 11.3 Å². The van der Waals surface area contributed by atoms with Crippen LogP contribution >= 0.6 is 12.4 Å². The Morgan fingerprint density at radius 1 is 1.15 bits per heavy atom. The highest BCUT2D eigenvalue weighted by Crippen LogP contribution is 2.25. The number of carbonyl (C=O) groups is 1. The topological polar surface area (TPSA) is 96.5 Å². The number of fused-ring (bicyclic) bond motifs is 1. The van der Waals surface area contributed by atoms with Gasteiger partial charge in [0.05, 0.1) is 28.2 Å². The number of para-hydroxylation sites is 2. The number of aromatic nitrogens is 2. The van der Waals surface area contributed by atoms with Crippen molar-refractivity contribution in [3.63, 3.8) is 0 Å². The van der Waals surface area contributed by atoms with E-state index in [1.54, 1.807) is 6.07 Å². The molecule has 1 fully saturated rings. The number of rotatable bonds is 7. The van der Waals surface area contributed by atoms with Crippen LogP contribution in [0.5, 0.6) is 0 Å². The van der Waals surface area contributed by atoms with Crippen LogP contribution in [0.3, 0.4) is 0 Å². The number of benzene rings is 2. The number of non-ortho nitro benzene ring substituents is 1. The van der Waals surface area contributed by atoms with Gasteiger partial charge in [0.2, 0.25) is 11.9 Å². The molecule has 1 aliphatic heterocycles. The first-order valence-electron chi connectivity index (χ1n) is 10.9. The number of carbonyl (C=O) groups excluding carboxylic acids is 1. The Bertz CT molecular complexity index is 1140. The summed E-state index contributed by atoms with van der Waals surface area (Å²) in [6.07, 6.45) is 1.03. The van der Waals surface area contributed by atoms with E-state index < -0.39 is 4.92 Å². The van der Waals surface area contributed by atoms with Gasteiger partial charge in [0.25, 0.3) is 5.69 Å². The number of nitrogens with zero attached hydrogens (tertiary/aromatic N) is 5. The average molecular weight is 473 g/mol. The van der Waals surface area contributed by atoms with Crippen LogP contribution in [0.1, 0.15) is 18.9 Å². The van der Waals surface area contributed by atoms with Gasteiger partial charge >= 0.3 is 0 Å². The number of amides is 1. The smallest absolute Gasteiger partial charge is 0.271 e. The molecule has 33 heavy (non-hydrogen) atoms. The third-order valence-corrected chi connectivity index (χ3v) is 5.81. The third kappa shape index (κ3) is 5.43. The van der Waals surface area contributed by atoms with Crippen molar-refractivity contribution in [2.75, 3.05) is 42.9 Å². The summed E-state index contributed by atoms with van der Waals surface area (Å²) in [5, 5.41) is 13.8. The molecule has 1 aromatic heterocycles. The molecule has 0 radical (unpaired) electrons. The highest BCUT2D eigenvalue weighted by Gasteiger charge is 2.23. The molecule has 3 aromatic rings.